The smallest absolute Gasteiger partial charge is 0.233 e. The van der Waals surface area contributed by atoms with E-state index >= 15 is 0 Å². The number of benzene rings is 1. The average Bonchev–Trinajstić information content (AvgIpc) is 3.12. The summed E-state index contributed by atoms with van der Waals surface area (Å²) in [6.45, 7) is 4.12. The van der Waals surface area contributed by atoms with Crippen LogP contribution in [0, 0.1) is 6.92 Å². The van der Waals surface area contributed by atoms with Gasteiger partial charge in [0.05, 0.1) is 15.5 Å². The van der Waals surface area contributed by atoms with E-state index in [9.17, 15) is 4.79 Å². The van der Waals surface area contributed by atoms with Gasteiger partial charge in [0.25, 0.3) is 0 Å². The molecule has 0 spiro atoms. The number of aryl methyl sites for hydroxylation is 1. The van der Waals surface area contributed by atoms with Crippen molar-refractivity contribution < 1.29 is 9.32 Å². The van der Waals surface area contributed by atoms with Crippen LogP contribution in [0.25, 0.3) is 10.2 Å². The molecule has 0 aliphatic heterocycles. The summed E-state index contributed by atoms with van der Waals surface area (Å²) >= 11 is 3.08. The van der Waals surface area contributed by atoms with Crippen LogP contribution in [0.15, 0.2) is 33.1 Å². The third-order valence-corrected chi connectivity index (χ3v) is 5.36. The number of nitrogens with zero attached hydrogens (tertiary/aromatic N) is 3. The fraction of sp³-hybridized carbons (Fsp3) is 0.333. The van der Waals surface area contributed by atoms with Gasteiger partial charge in [0.15, 0.2) is 10.2 Å². The van der Waals surface area contributed by atoms with Gasteiger partial charge in [0, 0.05) is 13.0 Å². The summed E-state index contributed by atoms with van der Waals surface area (Å²) in [6, 6.07) is 7.97. The summed E-state index contributed by atoms with van der Waals surface area (Å²) in [5, 5.41) is 6.39. The van der Waals surface area contributed by atoms with Gasteiger partial charge in [-0.15, -0.1) is 11.3 Å². The van der Waals surface area contributed by atoms with Crippen LogP contribution in [0.1, 0.15) is 18.6 Å². The molecule has 0 aliphatic rings. The van der Waals surface area contributed by atoms with E-state index in [4.69, 9.17) is 4.52 Å². The van der Waals surface area contributed by atoms with E-state index in [2.05, 4.69) is 20.4 Å². The topological polar surface area (TPSA) is 80.9 Å². The molecule has 1 N–H and O–H groups in total. The van der Waals surface area contributed by atoms with Crippen LogP contribution in [0.4, 0.5) is 0 Å². The lowest BCUT2D eigenvalue weighted by atomic mass is 10.3. The molecule has 0 unspecified atom stereocenters. The predicted molar refractivity (Wildman–Crippen MR) is 90.7 cm³/mol. The number of rotatable bonds is 6. The fourth-order valence-electron chi connectivity index (χ4n) is 1.98. The molecule has 6 nitrogen and oxygen atoms in total. The average molecular weight is 348 g/mol. The molecule has 3 aromatic rings. The van der Waals surface area contributed by atoms with Crippen molar-refractivity contribution in [2.45, 2.75) is 29.9 Å². The Morgan fingerprint density at radius 1 is 1.39 bits per heavy atom. The molecule has 120 valence electrons. The van der Waals surface area contributed by atoms with Crippen LogP contribution in [-0.2, 0) is 11.2 Å². The van der Waals surface area contributed by atoms with Gasteiger partial charge in [-0.2, -0.15) is 4.98 Å². The molecule has 0 saturated carbocycles. The van der Waals surface area contributed by atoms with Gasteiger partial charge in [-0.3, -0.25) is 4.79 Å². The minimum atomic E-state index is -0.208. The Labute approximate surface area is 141 Å². The van der Waals surface area contributed by atoms with Gasteiger partial charge in [-0.25, -0.2) is 4.98 Å². The van der Waals surface area contributed by atoms with Gasteiger partial charge in [0.2, 0.25) is 11.8 Å². The highest BCUT2D eigenvalue weighted by atomic mass is 32.2. The minimum Gasteiger partial charge on any atom is -0.355 e. The van der Waals surface area contributed by atoms with Crippen LogP contribution in [-0.4, -0.2) is 32.8 Å². The van der Waals surface area contributed by atoms with Gasteiger partial charge in [-0.05, 0) is 26.0 Å². The third kappa shape index (κ3) is 4.08. The van der Waals surface area contributed by atoms with Gasteiger partial charge >= 0.3 is 0 Å². The van der Waals surface area contributed by atoms with E-state index < -0.39 is 0 Å². The van der Waals surface area contributed by atoms with E-state index in [1.807, 2.05) is 31.2 Å². The van der Waals surface area contributed by atoms with Crippen molar-refractivity contribution in [2.24, 2.45) is 0 Å². The number of aromatic nitrogens is 3. The zero-order valence-corrected chi connectivity index (χ0v) is 14.4. The molecule has 0 radical (unpaired) electrons. The van der Waals surface area contributed by atoms with Crippen molar-refractivity contribution in [1.82, 2.24) is 20.4 Å². The lowest BCUT2D eigenvalue weighted by Gasteiger charge is -2.09. The first kappa shape index (κ1) is 15.9. The summed E-state index contributed by atoms with van der Waals surface area (Å²) in [4.78, 5) is 20.8. The number of hydrogen-bond acceptors (Lipinski definition) is 7. The second-order valence-electron chi connectivity index (χ2n) is 4.98. The van der Waals surface area contributed by atoms with Crippen LogP contribution in [0.2, 0.25) is 0 Å². The summed E-state index contributed by atoms with van der Waals surface area (Å²) in [5.74, 6) is 1.12. The normalized spacial score (nSPS) is 12.4. The number of carbonyl (C=O) groups is 1. The summed E-state index contributed by atoms with van der Waals surface area (Å²) < 4.78 is 7.05. The first-order valence-corrected chi connectivity index (χ1v) is 8.90. The lowest BCUT2D eigenvalue weighted by molar-refractivity contribution is -0.120. The number of thiazole rings is 1. The molecule has 0 fully saturated rings. The van der Waals surface area contributed by atoms with Crippen LogP contribution < -0.4 is 5.32 Å². The minimum absolute atomic E-state index is 0.0227. The number of amides is 1. The number of carbonyl (C=O) groups excluding carboxylic acids is 1. The molecule has 8 heteroatoms. The summed E-state index contributed by atoms with van der Waals surface area (Å²) in [7, 11) is 0. The van der Waals surface area contributed by atoms with Gasteiger partial charge in [0.1, 0.15) is 0 Å². The quantitative estimate of drug-likeness (QED) is 0.690. The predicted octanol–water partition coefficient (Wildman–Crippen LogP) is 2.83. The molecule has 23 heavy (non-hydrogen) atoms. The zero-order chi connectivity index (χ0) is 16.2. The molecule has 1 atom stereocenters. The van der Waals surface area contributed by atoms with Crippen molar-refractivity contribution >= 4 is 39.2 Å². The number of fused-ring (bicyclic) bond motifs is 1. The highest BCUT2D eigenvalue weighted by molar-refractivity contribution is 8.02. The number of nitrogens with one attached hydrogen (secondary N) is 1. The van der Waals surface area contributed by atoms with Crippen molar-refractivity contribution in [2.75, 3.05) is 6.54 Å². The number of thioether (sulfide) groups is 1. The van der Waals surface area contributed by atoms with E-state index in [0.29, 0.717) is 24.7 Å². The van der Waals surface area contributed by atoms with Crippen molar-refractivity contribution in [3.63, 3.8) is 0 Å². The van der Waals surface area contributed by atoms with E-state index in [1.54, 1.807) is 18.3 Å². The first-order valence-electron chi connectivity index (χ1n) is 7.21. The fourth-order valence-corrected chi connectivity index (χ4v) is 4.22. The summed E-state index contributed by atoms with van der Waals surface area (Å²) in [6.07, 6.45) is 0.533. The Hall–Kier alpha value is -1.93. The molecule has 1 aromatic carbocycles. The van der Waals surface area contributed by atoms with Crippen molar-refractivity contribution in [1.29, 1.82) is 0 Å². The molecule has 0 saturated heterocycles. The van der Waals surface area contributed by atoms with Crippen LogP contribution >= 0.6 is 23.1 Å². The standard InChI is InChI=1S/C15H16N4O2S2/c1-9(14(20)16-8-7-13-17-10(2)19-21-13)22-15-18-11-5-3-4-6-12(11)23-15/h3-6,9H,7-8H2,1-2H3,(H,16,20)/t9-/m0/s1. The lowest BCUT2D eigenvalue weighted by Crippen LogP contribution is -2.32. The SMILES string of the molecule is Cc1noc(CCNC(=O)[C@H](C)Sc2nc3ccccc3s2)n1. The van der Waals surface area contributed by atoms with Gasteiger partial charge in [-0.1, -0.05) is 29.1 Å². The van der Waals surface area contributed by atoms with E-state index in [0.717, 1.165) is 14.6 Å². The second-order valence-corrected chi connectivity index (χ2v) is 7.60. The molecular weight excluding hydrogens is 332 g/mol. The molecule has 0 bridgehead atoms. The monoisotopic (exact) mass is 348 g/mol. The largest absolute Gasteiger partial charge is 0.355 e. The van der Waals surface area contributed by atoms with E-state index in [1.165, 1.54) is 11.8 Å². The maximum Gasteiger partial charge on any atom is 0.233 e. The second kappa shape index (κ2) is 7.10. The molecule has 0 aliphatic carbocycles. The van der Waals surface area contributed by atoms with Crippen LogP contribution in [0.3, 0.4) is 0 Å². The molecule has 2 aromatic heterocycles. The number of para-hydroxylation sites is 1. The Balaban J connectivity index is 1.50. The van der Waals surface area contributed by atoms with Crippen molar-refractivity contribution in [3.8, 4) is 0 Å². The molecule has 3 rings (SSSR count). The van der Waals surface area contributed by atoms with Crippen molar-refractivity contribution in [3.05, 3.63) is 36.0 Å². The Kier molecular flexibility index (Phi) is 4.92. The Morgan fingerprint density at radius 3 is 2.96 bits per heavy atom. The Bertz CT molecular complexity index is 782. The highest BCUT2D eigenvalue weighted by Crippen LogP contribution is 2.31. The molecular formula is C15H16N4O2S2. The molecule has 1 amide bonds. The van der Waals surface area contributed by atoms with Crippen LogP contribution in [0.5, 0.6) is 0 Å². The maximum atomic E-state index is 12.1. The summed E-state index contributed by atoms with van der Waals surface area (Å²) in [5.41, 5.74) is 0.972. The zero-order valence-electron chi connectivity index (χ0n) is 12.8. The first-order chi connectivity index (χ1) is 11.1. The van der Waals surface area contributed by atoms with Gasteiger partial charge < -0.3 is 9.84 Å². The van der Waals surface area contributed by atoms with E-state index in [-0.39, 0.29) is 11.2 Å². The third-order valence-electron chi connectivity index (χ3n) is 3.13. The number of hydrogen-bond donors (Lipinski definition) is 1. The Morgan fingerprint density at radius 2 is 2.22 bits per heavy atom. The maximum absolute atomic E-state index is 12.1. The molecule has 2 heterocycles. The highest BCUT2D eigenvalue weighted by Gasteiger charge is 2.16.